The molecule has 1 aromatic carbocycles. The van der Waals surface area contributed by atoms with E-state index in [0.717, 1.165) is 12.3 Å². The zero-order valence-electron chi connectivity index (χ0n) is 14.4. The van der Waals surface area contributed by atoms with Crippen molar-refractivity contribution < 1.29 is 9.84 Å². The first-order valence-corrected chi connectivity index (χ1v) is 7.75. The van der Waals surface area contributed by atoms with Crippen LogP contribution < -0.4 is 10.1 Å². The van der Waals surface area contributed by atoms with Gasteiger partial charge in [-0.1, -0.05) is 53.7 Å². The smallest absolute Gasteiger partial charge is 0.123 e. The van der Waals surface area contributed by atoms with Gasteiger partial charge in [0.15, 0.2) is 0 Å². The molecule has 0 saturated heterocycles. The van der Waals surface area contributed by atoms with E-state index in [1.165, 1.54) is 11.1 Å². The van der Waals surface area contributed by atoms with Crippen molar-refractivity contribution in [2.45, 2.75) is 52.4 Å². The minimum Gasteiger partial charge on any atom is -0.492 e. The van der Waals surface area contributed by atoms with Crippen LogP contribution in [0.3, 0.4) is 0 Å². The highest BCUT2D eigenvalue weighted by Crippen LogP contribution is 2.35. The van der Waals surface area contributed by atoms with Crippen LogP contribution in [0.4, 0.5) is 0 Å². The van der Waals surface area contributed by atoms with Crippen LogP contribution in [-0.4, -0.2) is 31.4 Å². The van der Waals surface area contributed by atoms with Gasteiger partial charge in [0, 0.05) is 13.1 Å². The molecule has 0 aliphatic rings. The van der Waals surface area contributed by atoms with Crippen molar-refractivity contribution in [3.63, 3.8) is 0 Å². The predicted octanol–water partition coefficient (Wildman–Crippen LogP) is 3.24. The van der Waals surface area contributed by atoms with Crippen molar-refractivity contribution in [1.29, 1.82) is 0 Å². The van der Waals surface area contributed by atoms with Gasteiger partial charge in [-0.2, -0.15) is 0 Å². The Hall–Kier alpha value is -1.06. The Morgan fingerprint density at radius 3 is 2.19 bits per heavy atom. The average Bonchev–Trinajstić information content (AvgIpc) is 2.36. The van der Waals surface area contributed by atoms with Gasteiger partial charge in [0.1, 0.15) is 12.4 Å². The summed E-state index contributed by atoms with van der Waals surface area (Å²) in [6.07, 6.45) is 0. The van der Waals surface area contributed by atoms with Crippen molar-refractivity contribution in [1.82, 2.24) is 5.32 Å². The molecule has 2 N–H and O–H groups in total. The lowest BCUT2D eigenvalue weighted by Crippen LogP contribution is -2.25. The van der Waals surface area contributed by atoms with Crippen molar-refractivity contribution in [2.24, 2.45) is 0 Å². The third kappa shape index (κ3) is 5.68. The van der Waals surface area contributed by atoms with Gasteiger partial charge in [-0.15, -0.1) is 0 Å². The molecule has 120 valence electrons. The van der Waals surface area contributed by atoms with Crippen LogP contribution in [0, 0.1) is 0 Å². The molecule has 3 nitrogen and oxygen atoms in total. The average molecular weight is 293 g/mol. The zero-order chi connectivity index (χ0) is 16.1. The topological polar surface area (TPSA) is 41.5 Å². The molecule has 0 heterocycles. The molecule has 0 aromatic heterocycles. The maximum atomic E-state index is 8.74. The maximum absolute atomic E-state index is 8.74. The Labute approximate surface area is 129 Å². The minimum absolute atomic E-state index is 0.0507. The van der Waals surface area contributed by atoms with E-state index in [1.54, 1.807) is 0 Å². The molecule has 0 radical (unpaired) electrons. The number of aliphatic hydroxyl groups excluding tert-OH is 1. The van der Waals surface area contributed by atoms with Crippen LogP contribution in [0.25, 0.3) is 0 Å². The fourth-order valence-corrected chi connectivity index (χ4v) is 2.15. The van der Waals surface area contributed by atoms with Gasteiger partial charge in [0.2, 0.25) is 0 Å². The van der Waals surface area contributed by atoms with Gasteiger partial charge in [-0.25, -0.2) is 0 Å². The van der Waals surface area contributed by atoms with E-state index in [-0.39, 0.29) is 17.4 Å². The van der Waals surface area contributed by atoms with Gasteiger partial charge in [-0.3, -0.25) is 0 Å². The van der Waals surface area contributed by atoms with Gasteiger partial charge < -0.3 is 15.2 Å². The zero-order valence-corrected chi connectivity index (χ0v) is 14.4. The third-order valence-corrected chi connectivity index (χ3v) is 3.48. The Kier molecular flexibility index (Phi) is 6.24. The van der Waals surface area contributed by atoms with Crippen LogP contribution in [0.1, 0.15) is 52.7 Å². The SMILES string of the molecule is CC(C)(C)c1ccc(OCCNCCO)c(C(C)(C)C)c1. The van der Waals surface area contributed by atoms with Crippen molar-refractivity contribution >= 4 is 0 Å². The molecule has 0 spiro atoms. The van der Waals surface area contributed by atoms with E-state index in [0.29, 0.717) is 13.2 Å². The lowest BCUT2D eigenvalue weighted by molar-refractivity contribution is 0.273. The van der Waals surface area contributed by atoms with Crippen molar-refractivity contribution in [3.05, 3.63) is 29.3 Å². The maximum Gasteiger partial charge on any atom is 0.123 e. The standard InChI is InChI=1S/C18H31NO2/c1-17(2,3)14-7-8-16(15(13-14)18(4,5)6)21-12-10-19-9-11-20/h7-8,13,19-20H,9-12H2,1-6H3. The number of hydrogen-bond acceptors (Lipinski definition) is 3. The molecule has 0 atom stereocenters. The molecule has 3 heteroatoms. The first-order valence-electron chi connectivity index (χ1n) is 7.75. The second-order valence-corrected chi connectivity index (χ2v) is 7.53. The Morgan fingerprint density at radius 1 is 1.00 bits per heavy atom. The first kappa shape index (κ1) is 18.0. The molecule has 1 rings (SSSR count). The summed E-state index contributed by atoms with van der Waals surface area (Å²) in [7, 11) is 0. The monoisotopic (exact) mass is 293 g/mol. The highest BCUT2D eigenvalue weighted by molar-refractivity contribution is 5.43. The summed E-state index contributed by atoms with van der Waals surface area (Å²) in [6.45, 7) is 15.5. The molecule has 0 bridgehead atoms. The van der Waals surface area contributed by atoms with E-state index >= 15 is 0 Å². The summed E-state index contributed by atoms with van der Waals surface area (Å²) < 4.78 is 5.93. The molecule has 0 saturated carbocycles. The number of benzene rings is 1. The molecule has 0 aliphatic carbocycles. The fourth-order valence-electron chi connectivity index (χ4n) is 2.15. The fraction of sp³-hybridized carbons (Fsp3) is 0.667. The normalized spacial score (nSPS) is 12.5. The molecule has 0 amide bonds. The Balaban J connectivity index is 2.88. The van der Waals surface area contributed by atoms with E-state index in [9.17, 15) is 0 Å². The van der Waals surface area contributed by atoms with Gasteiger partial charge in [-0.05, 0) is 28.0 Å². The highest BCUT2D eigenvalue weighted by atomic mass is 16.5. The summed E-state index contributed by atoms with van der Waals surface area (Å²) in [4.78, 5) is 0. The summed E-state index contributed by atoms with van der Waals surface area (Å²) in [5, 5.41) is 11.9. The van der Waals surface area contributed by atoms with E-state index < -0.39 is 0 Å². The third-order valence-electron chi connectivity index (χ3n) is 3.48. The molecule has 1 aromatic rings. The van der Waals surface area contributed by atoms with Crippen LogP contribution in [0.15, 0.2) is 18.2 Å². The van der Waals surface area contributed by atoms with E-state index in [4.69, 9.17) is 9.84 Å². The number of ether oxygens (including phenoxy) is 1. The first-order chi connectivity index (χ1) is 9.66. The minimum atomic E-state index is 0.0507. The number of hydrogen-bond donors (Lipinski definition) is 2. The van der Waals surface area contributed by atoms with Gasteiger partial charge >= 0.3 is 0 Å². The molecular formula is C18H31NO2. The summed E-state index contributed by atoms with van der Waals surface area (Å²) in [5.74, 6) is 0.960. The number of aliphatic hydroxyl groups is 1. The lowest BCUT2D eigenvalue weighted by Gasteiger charge is -2.27. The summed E-state index contributed by atoms with van der Waals surface area (Å²) in [6, 6.07) is 6.52. The van der Waals surface area contributed by atoms with Crippen LogP contribution in [0.2, 0.25) is 0 Å². The largest absolute Gasteiger partial charge is 0.492 e. The van der Waals surface area contributed by atoms with Crippen molar-refractivity contribution in [3.8, 4) is 5.75 Å². The molecule has 0 fully saturated rings. The van der Waals surface area contributed by atoms with Crippen LogP contribution in [0.5, 0.6) is 5.75 Å². The second-order valence-electron chi connectivity index (χ2n) is 7.53. The van der Waals surface area contributed by atoms with E-state index in [2.05, 4.69) is 65.1 Å². The molecule has 21 heavy (non-hydrogen) atoms. The lowest BCUT2D eigenvalue weighted by atomic mass is 9.80. The van der Waals surface area contributed by atoms with Gasteiger partial charge in [0.05, 0.1) is 6.61 Å². The highest BCUT2D eigenvalue weighted by Gasteiger charge is 2.22. The Bertz CT molecular complexity index is 442. The van der Waals surface area contributed by atoms with Crippen molar-refractivity contribution in [2.75, 3.05) is 26.3 Å². The summed E-state index contributed by atoms with van der Waals surface area (Å²) >= 11 is 0. The van der Waals surface area contributed by atoms with Crippen LogP contribution >= 0.6 is 0 Å². The Morgan fingerprint density at radius 2 is 1.67 bits per heavy atom. The second kappa shape index (κ2) is 7.28. The van der Waals surface area contributed by atoms with Crippen LogP contribution in [-0.2, 0) is 10.8 Å². The molecule has 0 aliphatic heterocycles. The predicted molar refractivity (Wildman–Crippen MR) is 89.3 cm³/mol. The number of rotatable bonds is 6. The summed E-state index contributed by atoms with van der Waals surface area (Å²) in [5.41, 5.74) is 2.77. The molecule has 0 unspecified atom stereocenters. The van der Waals surface area contributed by atoms with Gasteiger partial charge in [0.25, 0.3) is 0 Å². The number of nitrogens with one attached hydrogen (secondary N) is 1. The molecular weight excluding hydrogens is 262 g/mol. The van der Waals surface area contributed by atoms with E-state index in [1.807, 2.05) is 0 Å². The quantitative estimate of drug-likeness (QED) is 0.791.